The summed E-state index contributed by atoms with van der Waals surface area (Å²) in [6.07, 6.45) is 0. The number of thiophene rings is 1. The monoisotopic (exact) mass is 374 g/mol. The molecular weight excluding hydrogens is 360 g/mol. The molecule has 2 aromatic rings. The number of anilines is 1. The molecule has 0 saturated heterocycles. The van der Waals surface area contributed by atoms with Crippen molar-refractivity contribution in [3.05, 3.63) is 45.1 Å². The molecule has 4 nitrogen and oxygen atoms in total. The maximum absolute atomic E-state index is 12.0. The van der Waals surface area contributed by atoms with Gasteiger partial charge in [-0.2, -0.15) is 0 Å². The third-order valence-electron chi connectivity index (χ3n) is 2.86. The van der Waals surface area contributed by atoms with Crippen LogP contribution < -0.4 is 10.0 Å². The molecule has 0 aliphatic heterocycles. The minimum atomic E-state index is -3.47. The van der Waals surface area contributed by atoms with Crippen molar-refractivity contribution in [3.63, 3.8) is 0 Å². The summed E-state index contributed by atoms with van der Waals surface area (Å²) in [4.78, 5) is 1.38. The zero-order chi connectivity index (χ0) is 14.8. The Labute approximate surface area is 131 Å². The van der Waals surface area contributed by atoms with Crippen LogP contribution in [0.1, 0.15) is 17.8 Å². The number of benzene rings is 1. The number of nitrogens with one attached hydrogen (secondary N) is 2. The molecular formula is C13H15BrN2O2S2. The van der Waals surface area contributed by atoms with Crippen molar-refractivity contribution in [2.45, 2.75) is 17.9 Å². The third-order valence-corrected chi connectivity index (χ3v) is 6.38. The van der Waals surface area contributed by atoms with Crippen molar-refractivity contribution in [3.8, 4) is 0 Å². The van der Waals surface area contributed by atoms with E-state index in [-0.39, 0.29) is 10.9 Å². The summed E-state index contributed by atoms with van der Waals surface area (Å²) in [5, 5.41) is 5.25. The second-order valence-electron chi connectivity index (χ2n) is 4.20. The van der Waals surface area contributed by atoms with E-state index in [9.17, 15) is 8.42 Å². The first-order valence-electron chi connectivity index (χ1n) is 5.97. The number of sulfonamides is 1. The Morgan fingerprint density at radius 1 is 1.25 bits per heavy atom. The zero-order valence-electron chi connectivity index (χ0n) is 11.1. The Hall–Kier alpha value is -0.890. The highest BCUT2D eigenvalue weighted by Gasteiger charge is 2.18. The Kier molecular flexibility index (Phi) is 4.85. The molecule has 0 aliphatic rings. The Morgan fingerprint density at radius 3 is 2.55 bits per heavy atom. The van der Waals surface area contributed by atoms with Crippen LogP contribution in [0.2, 0.25) is 0 Å². The summed E-state index contributed by atoms with van der Waals surface area (Å²) in [6.45, 7) is 2.00. The molecule has 1 unspecified atom stereocenters. The molecule has 0 radical (unpaired) electrons. The molecule has 0 fully saturated rings. The van der Waals surface area contributed by atoms with Crippen LogP contribution in [0.15, 0.2) is 45.1 Å². The molecule has 1 atom stereocenters. The van der Waals surface area contributed by atoms with Crippen LogP contribution in [0.25, 0.3) is 0 Å². The predicted octanol–water partition coefficient (Wildman–Crippen LogP) is 3.59. The maximum atomic E-state index is 12.0. The summed E-state index contributed by atoms with van der Waals surface area (Å²) in [5.74, 6) is 0. The van der Waals surface area contributed by atoms with Crippen LogP contribution in [0.3, 0.4) is 0 Å². The van der Waals surface area contributed by atoms with Gasteiger partial charge in [-0.05, 0) is 53.5 Å². The van der Waals surface area contributed by atoms with Gasteiger partial charge in [0.2, 0.25) is 10.0 Å². The standard InChI is InChI=1S/C13H15BrN2O2S2/c1-9(13-10(14)7-8-19-13)16-11-5-3-4-6-12(11)20(17,18)15-2/h3-9,15-16H,1-2H3. The first kappa shape index (κ1) is 15.5. The SMILES string of the molecule is CNS(=O)(=O)c1ccccc1NC(C)c1sccc1Br. The van der Waals surface area contributed by atoms with Crippen LogP contribution in [-0.2, 0) is 10.0 Å². The Balaban J connectivity index is 2.33. The summed E-state index contributed by atoms with van der Waals surface area (Å²) >= 11 is 5.11. The largest absolute Gasteiger partial charge is 0.377 e. The van der Waals surface area contributed by atoms with Crippen LogP contribution >= 0.6 is 27.3 Å². The van der Waals surface area contributed by atoms with Gasteiger partial charge in [-0.25, -0.2) is 13.1 Å². The first-order valence-corrected chi connectivity index (χ1v) is 9.13. The fourth-order valence-corrected chi connectivity index (χ4v) is 4.46. The van der Waals surface area contributed by atoms with Crippen LogP contribution in [0.4, 0.5) is 5.69 Å². The zero-order valence-corrected chi connectivity index (χ0v) is 14.3. The van der Waals surface area contributed by atoms with Gasteiger partial charge in [0, 0.05) is 9.35 Å². The molecule has 7 heteroatoms. The molecule has 0 saturated carbocycles. The number of hydrogen-bond acceptors (Lipinski definition) is 4. The molecule has 0 aliphatic carbocycles. The fraction of sp³-hybridized carbons (Fsp3) is 0.231. The topological polar surface area (TPSA) is 58.2 Å². The predicted molar refractivity (Wildman–Crippen MR) is 86.7 cm³/mol. The molecule has 0 spiro atoms. The highest BCUT2D eigenvalue weighted by Crippen LogP contribution is 2.32. The van der Waals surface area contributed by atoms with Gasteiger partial charge in [0.15, 0.2) is 0 Å². The fourth-order valence-electron chi connectivity index (χ4n) is 1.84. The van der Waals surface area contributed by atoms with E-state index in [1.165, 1.54) is 7.05 Å². The highest BCUT2D eigenvalue weighted by atomic mass is 79.9. The van der Waals surface area contributed by atoms with E-state index >= 15 is 0 Å². The molecule has 1 aromatic heterocycles. The van der Waals surface area contributed by atoms with Gasteiger partial charge in [-0.3, -0.25) is 0 Å². The maximum Gasteiger partial charge on any atom is 0.242 e. The second-order valence-corrected chi connectivity index (χ2v) is 7.86. The first-order chi connectivity index (χ1) is 9.45. The summed E-state index contributed by atoms with van der Waals surface area (Å²) in [7, 11) is -2.07. The lowest BCUT2D eigenvalue weighted by Crippen LogP contribution is -2.20. The van der Waals surface area contributed by atoms with Crippen molar-refractivity contribution >= 4 is 43.0 Å². The number of para-hydroxylation sites is 1. The minimum absolute atomic E-state index is 0.0116. The number of hydrogen-bond donors (Lipinski definition) is 2. The molecule has 1 aromatic carbocycles. The summed E-state index contributed by atoms with van der Waals surface area (Å²) in [5.41, 5.74) is 0.592. The minimum Gasteiger partial charge on any atom is -0.377 e. The highest BCUT2D eigenvalue weighted by molar-refractivity contribution is 9.10. The van der Waals surface area contributed by atoms with Crippen molar-refractivity contribution in [1.82, 2.24) is 4.72 Å². The Bertz CT molecular complexity index is 698. The van der Waals surface area contributed by atoms with Crippen LogP contribution in [-0.4, -0.2) is 15.5 Å². The average Bonchev–Trinajstić information content (AvgIpc) is 2.85. The summed E-state index contributed by atoms with van der Waals surface area (Å²) in [6, 6.07) is 8.87. The van der Waals surface area contributed by atoms with E-state index in [1.54, 1.807) is 29.5 Å². The molecule has 20 heavy (non-hydrogen) atoms. The lowest BCUT2D eigenvalue weighted by Gasteiger charge is -2.17. The van der Waals surface area contributed by atoms with Gasteiger partial charge in [0.05, 0.1) is 11.7 Å². The Morgan fingerprint density at radius 2 is 1.95 bits per heavy atom. The van der Waals surface area contributed by atoms with Crippen molar-refractivity contribution in [1.29, 1.82) is 0 Å². The smallest absolute Gasteiger partial charge is 0.242 e. The quantitative estimate of drug-likeness (QED) is 0.840. The van der Waals surface area contributed by atoms with E-state index in [1.807, 2.05) is 24.4 Å². The van der Waals surface area contributed by atoms with Gasteiger partial charge in [-0.15, -0.1) is 11.3 Å². The van der Waals surface area contributed by atoms with E-state index < -0.39 is 10.0 Å². The average molecular weight is 375 g/mol. The van der Waals surface area contributed by atoms with E-state index in [4.69, 9.17) is 0 Å². The molecule has 0 bridgehead atoms. The van der Waals surface area contributed by atoms with Gasteiger partial charge in [0.25, 0.3) is 0 Å². The van der Waals surface area contributed by atoms with Crippen LogP contribution in [0.5, 0.6) is 0 Å². The van der Waals surface area contributed by atoms with Gasteiger partial charge in [-0.1, -0.05) is 12.1 Å². The molecule has 0 amide bonds. The number of halogens is 1. The normalized spacial score (nSPS) is 13.2. The molecule has 2 N–H and O–H groups in total. The summed E-state index contributed by atoms with van der Waals surface area (Å²) < 4.78 is 27.4. The van der Waals surface area contributed by atoms with E-state index in [2.05, 4.69) is 26.0 Å². The van der Waals surface area contributed by atoms with Gasteiger partial charge >= 0.3 is 0 Å². The lowest BCUT2D eigenvalue weighted by atomic mass is 10.2. The molecule has 1 heterocycles. The number of rotatable bonds is 5. The lowest BCUT2D eigenvalue weighted by molar-refractivity contribution is 0.588. The van der Waals surface area contributed by atoms with E-state index in [0.29, 0.717) is 5.69 Å². The van der Waals surface area contributed by atoms with Gasteiger partial charge < -0.3 is 5.32 Å². The van der Waals surface area contributed by atoms with Gasteiger partial charge in [0.1, 0.15) is 4.90 Å². The van der Waals surface area contributed by atoms with Crippen LogP contribution in [0, 0.1) is 0 Å². The molecule has 2 rings (SSSR count). The van der Waals surface area contributed by atoms with E-state index in [0.717, 1.165) is 9.35 Å². The molecule has 108 valence electrons. The van der Waals surface area contributed by atoms with Crippen molar-refractivity contribution in [2.24, 2.45) is 0 Å². The second kappa shape index (κ2) is 6.26. The van der Waals surface area contributed by atoms with Crippen molar-refractivity contribution in [2.75, 3.05) is 12.4 Å². The van der Waals surface area contributed by atoms with Crippen molar-refractivity contribution < 1.29 is 8.42 Å². The third kappa shape index (κ3) is 3.22.